The maximum atomic E-state index is 12.0. The van der Waals surface area contributed by atoms with E-state index in [-0.39, 0.29) is 5.91 Å². The first-order valence-corrected chi connectivity index (χ1v) is 7.55. The summed E-state index contributed by atoms with van der Waals surface area (Å²) in [6, 6.07) is 7.10. The third-order valence-corrected chi connectivity index (χ3v) is 3.21. The molecule has 2 rings (SSSR count). The maximum Gasteiger partial charge on any atom is 0.272 e. The van der Waals surface area contributed by atoms with Gasteiger partial charge >= 0.3 is 0 Å². The molecular weight excluding hydrogens is 302 g/mol. The molecule has 118 valence electrons. The lowest BCUT2D eigenvalue weighted by Gasteiger charge is -2.14. The number of halogens is 1. The number of hydrogen-bond acceptors (Lipinski definition) is 3. The summed E-state index contributed by atoms with van der Waals surface area (Å²) < 4.78 is 5.76. The van der Waals surface area contributed by atoms with E-state index in [9.17, 15) is 4.79 Å². The van der Waals surface area contributed by atoms with Crippen LogP contribution in [0.1, 0.15) is 35.6 Å². The molecule has 6 heteroatoms. The average Bonchev–Trinajstić information content (AvgIpc) is 2.90. The van der Waals surface area contributed by atoms with Gasteiger partial charge in [0.1, 0.15) is 11.4 Å². The van der Waals surface area contributed by atoms with Crippen molar-refractivity contribution in [3.05, 3.63) is 46.2 Å². The molecule has 0 saturated carbocycles. The van der Waals surface area contributed by atoms with E-state index in [1.165, 1.54) is 0 Å². The van der Waals surface area contributed by atoms with Crippen molar-refractivity contribution in [3.63, 3.8) is 0 Å². The van der Waals surface area contributed by atoms with E-state index >= 15 is 0 Å². The average molecular weight is 322 g/mol. The number of nitrogens with zero attached hydrogens (tertiary/aromatic N) is 1. The Morgan fingerprint density at radius 2 is 2.18 bits per heavy atom. The molecule has 0 aliphatic heterocycles. The number of H-pyrrole nitrogens is 1. The van der Waals surface area contributed by atoms with Gasteiger partial charge < -0.3 is 10.1 Å². The third-order valence-electron chi connectivity index (χ3n) is 2.97. The number of aromatic nitrogens is 2. The number of aromatic amines is 1. The zero-order chi connectivity index (χ0) is 16.1. The van der Waals surface area contributed by atoms with Crippen LogP contribution in [0, 0.1) is 12.8 Å². The smallest absolute Gasteiger partial charge is 0.272 e. The van der Waals surface area contributed by atoms with Crippen LogP contribution in [0.3, 0.4) is 0 Å². The van der Waals surface area contributed by atoms with Crippen molar-refractivity contribution >= 4 is 17.5 Å². The predicted octanol–water partition coefficient (Wildman–Crippen LogP) is 3.34. The minimum absolute atomic E-state index is 0.237. The van der Waals surface area contributed by atoms with Crippen LogP contribution >= 0.6 is 11.6 Å². The van der Waals surface area contributed by atoms with E-state index < -0.39 is 0 Å². The lowest BCUT2D eigenvalue weighted by molar-refractivity contribution is 0.0945. The van der Waals surface area contributed by atoms with Crippen LogP contribution in [-0.2, 0) is 6.54 Å². The zero-order valence-corrected chi connectivity index (χ0v) is 13.7. The first-order valence-electron chi connectivity index (χ1n) is 7.17. The molecule has 0 saturated heterocycles. The van der Waals surface area contributed by atoms with Gasteiger partial charge in [-0.25, -0.2) is 0 Å². The highest BCUT2D eigenvalue weighted by Crippen LogP contribution is 2.23. The van der Waals surface area contributed by atoms with Crippen LogP contribution in [0.25, 0.3) is 0 Å². The first kappa shape index (κ1) is 16.4. The van der Waals surface area contributed by atoms with E-state index in [1.807, 2.05) is 13.0 Å². The lowest BCUT2D eigenvalue weighted by atomic mass is 10.2. The summed E-state index contributed by atoms with van der Waals surface area (Å²) in [6.45, 7) is 6.95. The molecule has 0 aliphatic carbocycles. The molecule has 1 amide bonds. The number of nitrogens with one attached hydrogen (secondary N) is 2. The van der Waals surface area contributed by atoms with Crippen LogP contribution in [0.15, 0.2) is 24.3 Å². The molecule has 0 fully saturated rings. The Kier molecular flexibility index (Phi) is 5.44. The molecule has 0 unspecified atom stereocenters. The zero-order valence-electron chi connectivity index (χ0n) is 12.9. The van der Waals surface area contributed by atoms with Gasteiger partial charge in [0.05, 0.1) is 6.61 Å². The Balaban J connectivity index is 2.04. The summed E-state index contributed by atoms with van der Waals surface area (Å²) >= 11 is 6.03. The second kappa shape index (κ2) is 7.31. The fourth-order valence-electron chi connectivity index (χ4n) is 1.88. The number of benzene rings is 1. The highest BCUT2D eigenvalue weighted by Gasteiger charge is 2.11. The van der Waals surface area contributed by atoms with Gasteiger partial charge in [0.15, 0.2) is 0 Å². The van der Waals surface area contributed by atoms with Crippen LogP contribution < -0.4 is 10.1 Å². The van der Waals surface area contributed by atoms with Crippen LogP contribution in [0.5, 0.6) is 5.75 Å². The summed E-state index contributed by atoms with van der Waals surface area (Å²) in [5.74, 6) is 0.917. The van der Waals surface area contributed by atoms with Crippen molar-refractivity contribution in [3.8, 4) is 5.75 Å². The molecule has 0 radical (unpaired) electrons. The van der Waals surface area contributed by atoms with Gasteiger partial charge in [0.25, 0.3) is 5.91 Å². The quantitative estimate of drug-likeness (QED) is 0.857. The number of aryl methyl sites for hydroxylation is 1. The second-order valence-electron chi connectivity index (χ2n) is 5.58. The monoisotopic (exact) mass is 321 g/mol. The number of amides is 1. The molecule has 5 nitrogen and oxygen atoms in total. The van der Waals surface area contributed by atoms with Gasteiger partial charge in [-0.3, -0.25) is 9.89 Å². The lowest BCUT2D eigenvalue weighted by Crippen LogP contribution is -2.23. The fraction of sp³-hybridized carbons (Fsp3) is 0.375. The molecule has 0 aliphatic rings. The van der Waals surface area contributed by atoms with E-state index in [4.69, 9.17) is 16.3 Å². The van der Waals surface area contributed by atoms with E-state index in [2.05, 4.69) is 29.4 Å². The molecule has 1 aromatic heterocycles. The molecule has 1 aromatic carbocycles. The van der Waals surface area contributed by atoms with Crippen LogP contribution in [0.4, 0.5) is 0 Å². The number of carbonyl (C=O) groups is 1. The molecule has 22 heavy (non-hydrogen) atoms. The predicted molar refractivity (Wildman–Crippen MR) is 86.3 cm³/mol. The van der Waals surface area contributed by atoms with Gasteiger partial charge in [-0.1, -0.05) is 25.4 Å². The number of rotatable bonds is 6. The van der Waals surface area contributed by atoms with Crippen molar-refractivity contribution in [2.24, 2.45) is 5.92 Å². The van der Waals surface area contributed by atoms with Crippen molar-refractivity contribution in [2.75, 3.05) is 6.61 Å². The maximum absolute atomic E-state index is 12.0. The highest BCUT2D eigenvalue weighted by molar-refractivity contribution is 6.30. The standard InChI is InChI=1S/C16H20ClN3O2/c1-10(2)9-22-15-5-4-13(17)7-12(15)8-18-16(21)14-6-11(3)19-20-14/h4-7,10H,8-9H2,1-3H3,(H,18,21)(H,19,20). The van der Waals surface area contributed by atoms with Crippen molar-refractivity contribution < 1.29 is 9.53 Å². The highest BCUT2D eigenvalue weighted by atomic mass is 35.5. The molecule has 0 atom stereocenters. The molecule has 2 N–H and O–H groups in total. The Morgan fingerprint density at radius 1 is 1.41 bits per heavy atom. The topological polar surface area (TPSA) is 67.0 Å². The van der Waals surface area contributed by atoms with Gasteiger partial charge in [0, 0.05) is 22.8 Å². The number of hydrogen-bond donors (Lipinski definition) is 2. The van der Waals surface area contributed by atoms with Crippen molar-refractivity contribution in [1.29, 1.82) is 0 Å². The summed E-state index contributed by atoms with van der Waals surface area (Å²) in [5.41, 5.74) is 2.05. The Hall–Kier alpha value is -2.01. The van der Waals surface area contributed by atoms with E-state index in [0.717, 1.165) is 17.0 Å². The van der Waals surface area contributed by atoms with Crippen molar-refractivity contribution in [2.45, 2.75) is 27.3 Å². The fourth-order valence-corrected chi connectivity index (χ4v) is 2.08. The molecule has 1 heterocycles. The minimum Gasteiger partial charge on any atom is -0.493 e. The van der Waals surface area contributed by atoms with Crippen LogP contribution in [-0.4, -0.2) is 22.7 Å². The van der Waals surface area contributed by atoms with E-state index in [0.29, 0.717) is 29.8 Å². The second-order valence-corrected chi connectivity index (χ2v) is 6.01. The van der Waals surface area contributed by atoms with Gasteiger partial charge in [-0.05, 0) is 37.1 Å². The SMILES string of the molecule is Cc1cc(C(=O)NCc2cc(Cl)ccc2OCC(C)C)n[nH]1. The first-order chi connectivity index (χ1) is 10.5. The molecule has 0 bridgehead atoms. The number of ether oxygens (including phenoxy) is 1. The number of carbonyl (C=O) groups excluding carboxylic acids is 1. The van der Waals surface area contributed by atoms with Crippen LogP contribution in [0.2, 0.25) is 5.02 Å². The molecule has 2 aromatic rings. The summed E-state index contributed by atoms with van der Waals surface area (Å²) in [6.07, 6.45) is 0. The summed E-state index contributed by atoms with van der Waals surface area (Å²) in [4.78, 5) is 12.0. The van der Waals surface area contributed by atoms with Gasteiger partial charge in [0.2, 0.25) is 0 Å². The minimum atomic E-state index is -0.237. The summed E-state index contributed by atoms with van der Waals surface area (Å²) in [5, 5.41) is 10.1. The third kappa shape index (κ3) is 4.49. The Bertz CT molecular complexity index is 653. The largest absolute Gasteiger partial charge is 0.493 e. The Morgan fingerprint density at radius 3 is 2.82 bits per heavy atom. The molecule has 0 spiro atoms. The van der Waals surface area contributed by atoms with E-state index in [1.54, 1.807) is 18.2 Å². The van der Waals surface area contributed by atoms with Gasteiger partial charge in [-0.2, -0.15) is 5.10 Å². The van der Waals surface area contributed by atoms with Gasteiger partial charge in [-0.15, -0.1) is 0 Å². The Labute approximate surface area is 135 Å². The normalized spacial score (nSPS) is 10.8. The summed E-state index contributed by atoms with van der Waals surface area (Å²) in [7, 11) is 0. The van der Waals surface area contributed by atoms with Crippen molar-refractivity contribution in [1.82, 2.24) is 15.5 Å². The molecular formula is C16H20ClN3O2.